The molecule has 1 aliphatic heterocycles. The van der Waals surface area contributed by atoms with Crippen molar-refractivity contribution in [3.63, 3.8) is 0 Å². The maximum absolute atomic E-state index is 11.7. The van der Waals surface area contributed by atoms with E-state index in [2.05, 4.69) is 9.98 Å². The first-order valence-corrected chi connectivity index (χ1v) is 5.91. The van der Waals surface area contributed by atoms with Crippen LogP contribution in [0.3, 0.4) is 0 Å². The minimum absolute atomic E-state index is 0.122. The summed E-state index contributed by atoms with van der Waals surface area (Å²) >= 11 is 0. The topological polar surface area (TPSA) is 71.8 Å². The maximum atomic E-state index is 11.7. The molecule has 0 radical (unpaired) electrons. The highest BCUT2D eigenvalue weighted by Gasteiger charge is 2.27. The summed E-state index contributed by atoms with van der Waals surface area (Å²) in [5, 5.41) is 10.1. The van der Waals surface area contributed by atoms with Crippen molar-refractivity contribution in [1.29, 1.82) is 0 Å². The maximum Gasteiger partial charge on any atom is 0.343 e. The molecule has 5 nitrogen and oxygen atoms in total. The van der Waals surface area contributed by atoms with E-state index >= 15 is 0 Å². The molecule has 1 aromatic rings. The molecule has 0 aliphatic carbocycles. The summed E-state index contributed by atoms with van der Waals surface area (Å²) in [6.07, 6.45) is 4.97. The van der Waals surface area contributed by atoms with Gasteiger partial charge in [0, 0.05) is 12.4 Å². The highest BCUT2D eigenvalue weighted by Crippen LogP contribution is 2.26. The molecule has 0 fully saturated rings. The molecule has 0 bridgehead atoms. The third kappa shape index (κ3) is 2.70. The van der Waals surface area contributed by atoms with E-state index in [-0.39, 0.29) is 17.9 Å². The van der Waals surface area contributed by atoms with Crippen molar-refractivity contribution in [2.75, 3.05) is 6.61 Å². The Bertz CT molecular complexity index is 586. The van der Waals surface area contributed by atoms with Gasteiger partial charge in [-0.05, 0) is 31.6 Å². The minimum atomic E-state index is -0.559. The number of pyridine rings is 1. The summed E-state index contributed by atoms with van der Waals surface area (Å²) in [5.41, 5.74) is 1.71. The Morgan fingerprint density at radius 3 is 2.95 bits per heavy atom. The molecule has 0 saturated heterocycles. The summed E-state index contributed by atoms with van der Waals surface area (Å²) in [4.78, 5) is 19.9. The number of aliphatic imine (C=N–C) groups is 1. The fourth-order valence-corrected chi connectivity index (χ4v) is 1.76. The molecule has 19 heavy (non-hydrogen) atoms. The van der Waals surface area contributed by atoms with Gasteiger partial charge in [0.1, 0.15) is 11.3 Å². The molecule has 0 saturated carbocycles. The predicted octanol–water partition coefficient (Wildman–Crippen LogP) is 2.27. The van der Waals surface area contributed by atoms with Crippen LogP contribution in [0.5, 0.6) is 0 Å². The van der Waals surface area contributed by atoms with Crippen LogP contribution in [-0.2, 0) is 9.53 Å². The van der Waals surface area contributed by atoms with Crippen LogP contribution in [0.1, 0.15) is 19.4 Å². The molecule has 1 N–H and O–H groups in total. The first-order valence-electron chi connectivity index (χ1n) is 5.91. The van der Waals surface area contributed by atoms with Crippen LogP contribution < -0.4 is 0 Å². The fraction of sp³-hybridized carbons (Fsp3) is 0.214. The molecule has 1 aliphatic rings. The van der Waals surface area contributed by atoms with Gasteiger partial charge in [0.2, 0.25) is 0 Å². The number of hydrogen-bond acceptors (Lipinski definition) is 5. The lowest BCUT2D eigenvalue weighted by molar-refractivity contribution is -0.138. The van der Waals surface area contributed by atoms with Crippen LogP contribution in [0.25, 0.3) is 6.08 Å². The van der Waals surface area contributed by atoms with E-state index in [0.29, 0.717) is 11.4 Å². The van der Waals surface area contributed by atoms with Crippen LogP contribution in [0.2, 0.25) is 0 Å². The average Bonchev–Trinajstić information content (AvgIpc) is 2.66. The third-order valence-electron chi connectivity index (χ3n) is 2.60. The molecule has 0 amide bonds. The molecule has 2 heterocycles. The zero-order valence-electron chi connectivity index (χ0n) is 10.8. The minimum Gasteiger partial charge on any atom is -0.505 e. The number of aliphatic hydroxyl groups excluding tert-OH is 1. The van der Waals surface area contributed by atoms with E-state index in [0.717, 1.165) is 5.56 Å². The predicted molar refractivity (Wildman–Crippen MR) is 71.6 cm³/mol. The van der Waals surface area contributed by atoms with Gasteiger partial charge in [0.25, 0.3) is 0 Å². The second-order valence-electron chi connectivity index (χ2n) is 3.96. The number of carbonyl (C=O) groups is 1. The first-order chi connectivity index (χ1) is 9.13. The van der Waals surface area contributed by atoms with Crippen LogP contribution >= 0.6 is 0 Å². The Balaban J connectivity index is 2.36. The lowest BCUT2D eigenvalue weighted by atomic mass is 10.1. The number of ether oxygens (including phenoxy) is 1. The van der Waals surface area contributed by atoms with Crippen LogP contribution in [0.15, 0.2) is 46.5 Å². The monoisotopic (exact) mass is 258 g/mol. The van der Waals surface area contributed by atoms with Crippen molar-refractivity contribution in [3.8, 4) is 0 Å². The van der Waals surface area contributed by atoms with Gasteiger partial charge in [0.05, 0.1) is 12.3 Å². The lowest BCUT2D eigenvalue weighted by Crippen LogP contribution is -2.13. The van der Waals surface area contributed by atoms with Gasteiger partial charge in [-0.2, -0.15) is 0 Å². The molecule has 2 rings (SSSR count). The number of rotatable bonds is 3. The highest BCUT2D eigenvalue weighted by atomic mass is 16.5. The number of aliphatic hydroxyl groups is 1. The van der Waals surface area contributed by atoms with E-state index < -0.39 is 5.97 Å². The third-order valence-corrected chi connectivity index (χ3v) is 2.60. The van der Waals surface area contributed by atoms with Gasteiger partial charge < -0.3 is 9.84 Å². The van der Waals surface area contributed by atoms with Crippen LogP contribution in [-0.4, -0.2) is 28.4 Å². The second-order valence-corrected chi connectivity index (χ2v) is 3.96. The molecule has 0 spiro atoms. The van der Waals surface area contributed by atoms with Gasteiger partial charge in [-0.1, -0.05) is 6.07 Å². The van der Waals surface area contributed by atoms with Gasteiger partial charge >= 0.3 is 5.97 Å². The number of hydrogen-bond donors (Lipinski definition) is 1. The molecule has 0 unspecified atom stereocenters. The summed E-state index contributed by atoms with van der Waals surface area (Å²) in [5.74, 6) is -0.712. The summed E-state index contributed by atoms with van der Waals surface area (Å²) in [6.45, 7) is 3.63. The Morgan fingerprint density at radius 1 is 1.53 bits per heavy atom. The quantitative estimate of drug-likeness (QED) is 0.844. The smallest absolute Gasteiger partial charge is 0.343 e. The van der Waals surface area contributed by atoms with E-state index in [9.17, 15) is 9.90 Å². The molecular weight excluding hydrogens is 244 g/mol. The summed E-state index contributed by atoms with van der Waals surface area (Å²) in [7, 11) is 0. The van der Waals surface area contributed by atoms with Crippen LogP contribution in [0, 0.1) is 0 Å². The van der Waals surface area contributed by atoms with E-state index in [4.69, 9.17) is 4.74 Å². The molecule has 5 heteroatoms. The largest absolute Gasteiger partial charge is 0.505 e. The number of esters is 1. The first kappa shape index (κ1) is 13.0. The van der Waals surface area contributed by atoms with Crippen molar-refractivity contribution in [3.05, 3.63) is 47.1 Å². The van der Waals surface area contributed by atoms with E-state index in [1.54, 1.807) is 38.4 Å². The summed E-state index contributed by atoms with van der Waals surface area (Å²) < 4.78 is 4.89. The SMILES string of the molecule is CCOC(=O)C1=C(O)C(=Cc2cccnc2)N=C1C. The van der Waals surface area contributed by atoms with Crippen molar-refractivity contribution in [2.24, 2.45) is 4.99 Å². The molecule has 0 atom stereocenters. The molecule has 1 aromatic heterocycles. The number of nitrogens with zero attached hydrogens (tertiary/aromatic N) is 2. The van der Waals surface area contributed by atoms with E-state index in [1.807, 2.05) is 6.07 Å². The normalized spacial score (nSPS) is 16.7. The summed E-state index contributed by atoms with van der Waals surface area (Å²) in [6, 6.07) is 3.62. The Kier molecular flexibility index (Phi) is 3.75. The Labute approximate surface area is 111 Å². The zero-order chi connectivity index (χ0) is 13.8. The lowest BCUT2D eigenvalue weighted by Gasteiger charge is -2.02. The van der Waals surface area contributed by atoms with Crippen molar-refractivity contribution in [1.82, 2.24) is 4.98 Å². The van der Waals surface area contributed by atoms with Gasteiger partial charge in [-0.15, -0.1) is 0 Å². The molecular formula is C14H14N2O3. The van der Waals surface area contributed by atoms with Gasteiger partial charge in [-0.3, -0.25) is 4.98 Å². The Hall–Kier alpha value is -2.43. The van der Waals surface area contributed by atoms with Crippen molar-refractivity contribution < 1.29 is 14.6 Å². The van der Waals surface area contributed by atoms with Gasteiger partial charge in [0.15, 0.2) is 5.76 Å². The number of aromatic nitrogens is 1. The average molecular weight is 258 g/mol. The van der Waals surface area contributed by atoms with E-state index in [1.165, 1.54) is 0 Å². The molecule has 98 valence electrons. The van der Waals surface area contributed by atoms with Crippen molar-refractivity contribution in [2.45, 2.75) is 13.8 Å². The van der Waals surface area contributed by atoms with Crippen molar-refractivity contribution >= 4 is 17.8 Å². The second kappa shape index (κ2) is 5.48. The van der Waals surface area contributed by atoms with Gasteiger partial charge in [-0.25, -0.2) is 9.79 Å². The zero-order valence-corrected chi connectivity index (χ0v) is 10.8. The Morgan fingerprint density at radius 2 is 2.32 bits per heavy atom. The highest BCUT2D eigenvalue weighted by molar-refractivity contribution is 6.22. The van der Waals surface area contributed by atoms with Crippen LogP contribution in [0.4, 0.5) is 0 Å². The fourth-order valence-electron chi connectivity index (χ4n) is 1.76. The standard InChI is InChI=1S/C14H14N2O3/c1-3-19-14(18)12-9(2)16-11(13(12)17)7-10-5-4-6-15-8-10/h4-8,17H,3H2,1-2H3. The molecule has 0 aromatic carbocycles. The number of carbonyl (C=O) groups excluding carboxylic acids is 1.